The molecule has 0 aliphatic heterocycles. The van der Waals surface area contributed by atoms with Crippen molar-refractivity contribution in [2.24, 2.45) is 16.3 Å². The smallest absolute Gasteiger partial charge is 0.191 e. The molecular weight excluding hydrogens is 238 g/mol. The molecule has 2 rings (SSSR count). The molecule has 0 bridgehead atoms. The van der Waals surface area contributed by atoms with E-state index in [1.807, 2.05) is 7.05 Å². The van der Waals surface area contributed by atoms with Crippen LogP contribution in [0.2, 0.25) is 0 Å². The van der Waals surface area contributed by atoms with E-state index in [0.29, 0.717) is 11.5 Å². The fourth-order valence-corrected chi connectivity index (χ4v) is 3.12. The Bertz CT molecular complexity index is 311. The van der Waals surface area contributed by atoms with Gasteiger partial charge in [-0.3, -0.25) is 4.99 Å². The SMILES string of the molecule is CN=C(NCC1(CCOC)CCCC1)NC1CC1C. The predicted octanol–water partition coefficient (Wildman–Crippen LogP) is 2.16. The molecule has 110 valence electrons. The highest BCUT2D eigenvalue weighted by Gasteiger charge is 2.35. The Morgan fingerprint density at radius 3 is 2.58 bits per heavy atom. The van der Waals surface area contributed by atoms with E-state index in [1.165, 1.54) is 32.1 Å². The summed E-state index contributed by atoms with van der Waals surface area (Å²) in [5.74, 6) is 1.77. The lowest BCUT2D eigenvalue weighted by molar-refractivity contribution is 0.138. The number of nitrogens with one attached hydrogen (secondary N) is 2. The van der Waals surface area contributed by atoms with Crippen LogP contribution in [0.3, 0.4) is 0 Å². The molecule has 0 aromatic carbocycles. The van der Waals surface area contributed by atoms with Crippen molar-refractivity contribution in [1.29, 1.82) is 0 Å². The van der Waals surface area contributed by atoms with Crippen LogP contribution >= 0.6 is 0 Å². The molecule has 0 spiro atoms. The lowest BCUT2D eigenvalue weighted by Gasteiger charge is -2.30. The Hall–Kier alpha value is -0.770. The van der Waals surface area contributed by atoms with Crippen LogP contribution in [0.4, 0.5) is 0 Å². The zero-order valence-corrected chi connectivity index (χ0v) is 12.7. The number of ether oxygens (including phenoxy) is 1. The molecule has 4 nitrogen and oxygen atoms in total. The molecule has 2 aliphatic rings. The zero-order chi connectivity index (χ0) is 13.7. The lowest BCUT2D eigenvalue weighted by Crippen LogP contribution is -2.44. The normalized spacial score (nSPS) is 29.3. The molecule has 4 heteroatoms. The van der Waals surface area contributed by atoms with E-state index in [-0.39, 0.29) is 0 Å². The van der Waals surface area contributed by atoms with E-state index >= 15 is 0 Å². The maximum Gasteiger partial charge on any atom is 0.191 e. The molecule has 0 saturated heterocycles. The molecule has 19 heavy (non-hydrogen) atoms. The minimum Gasteiger partial charge on any atom is -0.385 e. The van der Waals surface area contributed by atoms with Crippen LogP contribution in [-0.2, 0) is 4.74 Å². The summed E-state index contributed by atoms with van der Waals surface area (Å²) < 4.78 is 5.28. The van der Waals surface area contributed by atoms with Gasteiger partial charge >= 0.3 is 0 Å². The zero-order valence-electron chi connectivity index (χ0n) is 12.7. The number of aliphatic imine (C=N–C) groups is 1. The molecule has 2 fully saturated rings. The van der Waals surface area contributed by atoms with Crippen LogP contribution in [0.1, 0.15) is 45.4 Å². The van der Waals surface area contributed by atoms with Gasteiger partial charge in [-0.2, -0.15) is 0 Å². The van der Waals surface area contributed by atoms with Crippen molar-refractivity contribution in [3.8, 4) is 0 Å². The first kappa shape index (κ1) is 14.6. The Labute approximate surface area is 117 Å². The van der Waals surface area contributed by atoms with Gasteiger partial charge in [0, 0.05) is 33.4 Å². The molecule has 0 heterocycles. The largest absolute Gasteiger partial charge is 0.385 e. The van der Waals surface area contributed by atoms with Gasteiger partial charge in [0.2, 0.25) is 0 Å². The predicted molar refractivity (Wildman–Crippen MR) is 79.5 cm³/mol. The monoisotopic (exact) mass is 267 g/mol. The molecule has 0 amide bonds. The highest BCUT2D eigenvalue weighted by molar-refractivity contribution is 5.80. The fourth-order valence-electron chi connectivity index (χ4n) is 3.12. The van der Waals surface area contributed by atoms with Gasteiger partial charge in [0.1, 0.15) is 0 Å². The van der Waals surface area contributed by atoms with Gasteiger partial charge in [0.05, 0.1) is 0 Å². The third-order valence-corrected chi connectivity index (χ3v) is 4.79. The van der Waals surface area contributed by atoms with E-state index in [0.717, 1.165) is 31.4 Å². The molecule has 0 aromatic rings. The lowest BCUT2D eigenvalue weighted by atomic mass is 9.83. The second kappa shape index (κ2) is 6.60. The second-order valence-electron chi connectivity index (χ2n) is 6.34. The summed E-state index contributed by atoms with van der Waals surface area (Å²) in [6.45, 7) is 4.17. The van der Waals surface area contributed by atoms with Gasteiger partial charge in [-0.05, 0) is 37.0 Å². The van der Waals surface area contributed by atoms with Crippen LogP contribution in [0.15, 0.2) is 4.99 Å². The van der Waals surface area contributed by atoms with Crippen LogP contribution in [0, 0.1) is 11.3 Å². The van der Waals surface area contributed by atoms with Gasteiger partial charge in [-0.1, -0.05) is 19.8 Å². The number of rotatable bonds is 6. The fraction of sp³-hybridized carbons (Fsp3) is 0.933. The third-order valence-electron chi connectivity index (χ3n) is 4.79. The third kappa shape index (κ3) is 4.10. The average molecular weight is 267 g/mol. The Morgan fingerprint density at radius 2 is 2.05 bits per heavy atom. The van der Waals surface area contributed by atoms with Crippen LogP contribution in [0.5, 0.6) is 0 Å². The molecule has 2 aliphatic carbocycles. The Kier molecular flexibility index (Phi) is 5.08. The number of hydrogen-bond acceptors (Lipinski definition) is 2. The molecule has 0 radical (unpaired) electrons. The summed E-state index contributed by atoms with van der Waals surface area (Å²) in [6, 6.07) is 0.629. The van der Waals surface area contributed by atoms with Crippen molar-refractivity contribution in [2.75, 3.05) is 27.3 Å². The van der Waals surface area contributed by atoms with Gasteiger partial charge in [-0.25, -0.2) is 0 Å². The van der Waals surface area contributed by atoms with Gasteiger partial charge in [0.25, 0.3) is 0 Å². The highest BCUT2D eigenvalue weighted by Crippen LogP contribution is 2.40. The quantitative estimate of drug-likeness (QED) is 0.572. The van der Waals surface area contributed by atoms with E-state index in [1.54, 1.807) is 7.11 Å². The van der Waals surface area contributed by atoms with Gasteiger partial charge < -0.3 is 15.4 Å². The summed E-state index contributed by atoms with van der Waals surface area (Å²) >= 11 is 0. The van der Waals surface area contributed by atoms with E-state index in [4.69, 9.17) is 4.74 Å². The summed E-state index contributed by atoms with van der Waals surface area (Å²) in [4.78, 5) is 4.34. The molecule has 2 N–H and O–H groups in total. The number of nitrogens with zero attached hydrogens (tertiary/aromatic N) is 1. The number of hydrogen-bond donors (Lipinski definition) is 2. The second-order valence-corrected chi connectivity index (χ2v) is 6.34. The molecule has 2 unspecified atom stereocenters. The number of guanidine groups is 1. The minimum atomic E-state index is 0.419. The minimum absolute atomic E-state index is 0.419. The number of methoxy groups -OCH3 is 1. The Balaban J connectivity index is 1.80. The van der Waals surface area contributed by atoms with Gasteiger partial charge in [0.15, 0.2) is 5.96 Å². The topological polar surface area (TPSA) is 45.7 Å². The van der Waals surface area contributed by atoms with Crippen LogP contribution in [0.25, 0.3) is 0 Å². The van der Waals surface area contributed by atoms with E-state index in [9.17, 15) is 0 Å². The average Bonchev–Trinajstić information content (AvgIpc) is 2.92. The van der Waals surface area contributed by atoms with Gasteiger partial charge in [-0.15, -0.1) is 0 Å². The summed E-state index contributed by atoms with van der Waals surface area (Å²) in [5, 5.41) is 7.03. The summed E-state index contributed by atoms with van der Waals surface area (Å²) in [7, 11) is 3.66. The van der Waals surface area contributed by atoms with Crippen molar-refractivity contribution < 1.29 is 4.74 Å². The van der Waals surface area contributed by atoms with Crippen molar-refractivity contribution in [1.82, 2.24) is 10.6 Å². The van der Waals surface area contributed by atoms with Crippen LogP contribution in [-0.4, -0.2) is 39.3 Å². The van der Waals surface area contributed by atoms with E-state index < -0.39 is 0 Å². The molecule has 2 atom stereocenters. The maximum atomic E-state index is 5.28. The molecule has 2 saturated carbocycles. The molecular formula is C15H29N3O. The summed E-state index contributed by atoms with van der Waals surface area (Å²) in [6.07, 6.45) is 7.79. The van der Waals surface area contributed by atoms with Crippen molar-refractivity contribution in [2.45, 2.75) is 51.5 Å². The maximum absolute atomic E-state index is 5.28. The summed E-state index contributed by atoms with van der Waals surface area (Å²) in [5.41, 5.74) is 0.419. The Morgan fingerprint density at radius 1 is 1.37 bits per heavy atom. The first-order valence-electron chi connectivity index (χ1n) is 7.65. The first-order chi connectivity index (χ1) is 9.19. The molecule has 0 aromatic heterocycles. The van der Waals surface area contributed by atoms with E-state index in [2.05, 4.69) is 22.5 Å². The van der Waals surface area contributed by atoms with Crippen molar-refractivity contribution in [3.05, 3.63) is 0 Å². The van der Waals surface area contributed by atoms with Crippen molar-refractivity contribution >= 4 is 5.96 Å². The first-order valence-corrected chi connectivity index (χ1v) is 7.65. The standard InChI is InChI=1S/C15H29N3O/c1-12-10-13(12)18-14(16-2)17-11-15(8-9-19-3)6-4-5-7-15/h12-13H,4-11H2,1-3H3,(H2,16,17,18). The van der Waals surface area contributed by atoms with Crippen molar-refractivity contribution in [3.63, 3.8) is 0 Å². The van der Waals surface area contributed by atoms with Crippen LogP contribution < -0.4 is 10.6 Å². The highest BCUT2D eigenvalue weighted by atomic mass is 16.5.